The molecule has 10 heteroatoms. The van der Waals surface area contributed by atoms with Crippen molar-refractivity contribution >= 4 is 38.6 Å². The highest BCUT2D eigenvalue weighted by molar-refractivity contribution is 7.89. The molecule has 2 aliphatic rings. The lowest BCUT2D eigenvalue weighted by Gasteiger charge is -2.34. The van der Waals surface area contributed by atoms with E-state index in [0.29, 0.717) is 44.3 Å². The molecule has 4 heterocycles. The molecule has 0 aliphatic carbocycles. The van der Waals surface area contributed by atoms with Gasteiger partial charge in [-0.3, -0.25) is 9.69 Å². The average Bonchev–Trinajstić information content (AvgIpc) is 3.45. The number of amides is 1. The fourth-order valence-electron chi connectivity index (χ4n) is 3.62. The number of hydrogen-bond donors (Lipinski definition) is 0. The molecule has 0 unspecified atom stereocenters. The molecule has 2 saturated heterocycles. The van der Waals surface area contributed by atoms with Gasteiger partial charge in [-0.1, -0.05) is 6.07 Å². The summed E-state index contributed by atoms with van der Waals surface area (Å²) in [6.07, 6.45) is 1.03. The van der Waals surface area contributed by atoms with Gasteiger partial charge in [0, 0.05) is 50.7 Å². The first-order chi connectivity index (χ1) is 14.1. The number of morpholine rings is 1. The molecule has 4 rings (SSSR count). The highest BCUT2D eigenvalue weighted by atomic mass is 32.2. The van der Waals surface area contributed by atoms with Crippen molar-refractivity contribution in [1.29, 1.82) is 0 Å². The van der Waals surface area contributed by atoms with Gasteiger partial charge in [0.2, 0.25) is 10.0 Å². The van der Waals surface area contributed by atoms with E-state index in [1.54, 1.807) is 27.7 Å². The Hall–Kier alpha value is -1.30. The average molecular weight is 456 g/mol. The highest BCUT2D eigenvalue weighted by Crippen LogP contribution is 2.27. The number of piperazine rings is 1. The highest BCUT2D eigenvalue weighted by Gasteiger charge is 2.33. The second-order valence-corrected chi connectivity index (χ2v) is 10.9. The van der Waals surface area contributed by atoms with Crippen LogP contribution in [0.2, 0.25) is 0 Å². The Morgan fingerprint density at radius 3 is 2.45 bits per heavy atom. The van der Waals surface area contributed by atoms with Gasteiger partial charge in [-0.15, -0.1) is 22.7 Å². The van der Waals surface area contributed by atoms with Crippen LogP contribution in [0.25, 0.3) is 0 Å². The lowest BCUT2D eigenvalue weighted by atomic mass is 10.2. The van der Waals surface area contributed by atoms with E-state index in [4.69, 9.17) is 4.74 Å². The molecule has 7 nitrogen and oxygen atoms in total. The zero-order valence-corrected chi connectivity index (χ0v) is 18.6. The number of carbonyl (C=O) groups is 1. The summed E-state index contributed by atoms with van der Waals surface area (Å²) in [6, 6.07) is 5.78. The molecule has 0 saturated carbocycles. The van der Waals surface area contributed by atoms with Gasteiger partial charge in [-0.05, 0) is 29.3 Å². The van der Waals surface area contributed by atoms with Crippen LogP contribution in [0.3, 0.4) is 0 Å². The first-order valence-electron chi connectivity index (χ1n) is 9.75. The van der Waals surface area contributed by atoms with Crippen molar-refractivity contribution in [3.05, 3.63) is 38.7 Å². The Morgan fingerprint density at radius 2 is 1.76 bits per heavy atom. The van der Waals surface area contributed by atoms with E-state index in [9.17, 15) is 13.2 Å². The van der Waals surface area contributed by atoms with E-state index < -0.39 is 10.0 Å². The van der Waals surface area contributed by atoms with Crippen LogP contribution in [0, 0.1) is 0 Å². The van der Waals surface area contributed by atoms with Crippen LogP contribution in [0.5, 0.6) is 0 Å². The molecule has 0 atom stereocenters. The topological polar surface area (TPSA) is 70.2 Å². The van der Waals surface area contributed by atoms with Crippen LogP contribution in [-0.4, -0.2) is 87.5 Å². The fraction of sp³-hybridized carbons (Fsp3) is 0.526. The van der Waals surface area contributed by atoms with Crippen molar-refractivity contribution < 1.29 is 17.9 Å². The van der Waals surface area contributed by atoms with Crippen LogP contribution < -0.4 is 0 Å². The zero-order valence-electron chi connectivity index (χ0n) is 16.2. The standard InChI is InChI=1S/C19H25N3O4S3/c23-19(21-8-6-20(7-9-21)5-3-16-2-1-14-27-16)18-17(4-15-28-18)29(24,25)22-10-12-26-13-11-22/h1-2,4,14-15H,3,5-13H2. The summed E-state index contributed by atoms with van der Waals surface area (Å²) in [4.78, 5) is 19.1. The first kappa shape index (κ1) is 21.0. The quantitative estimate of drug-likeness (QED) is 0.665. The summed E-state index contributed by atoms with van der Waals surface area (Å²) >= 11 is 2.98. The summed E-state index contributed by atoms with van der Waals surface area (Å²) in [5, 5.41) is 3.79. The monoisotopic (exact) mass is 455 g/mol. The van der Waals surface area contributed by atoms with E-state index in [1.807, 2.05) is 0 Å². The first-order valence-corrected chi connectivity index (χ1v) is 12.9. The van der Waals surface area contributed by atoms with Crippen molar-refractivity contribution in [3.8, 4) is 0 Å². The molecule has 29 heavy (non-hydrogen) atoms. The summed E-state index contributed by atoms with van der Waals surface area (Å²) in [7, 11) is -3.67. The number of carbonyl (C=O) groups excluding carboxylic acids is 1. The molecular weight excluding hydrogens is 430 g/mol. The largest absolute Gasteiger partial charge is 0.379 e. The molecule has 0 spiro atoms. The van der Waals surface area contributed by atoms with Crippen LogP contribution >= 0.6 is 22.7 Å². The van der Waals surface area contributed by atoms with E-state index in [1.165, 1.54) is 20.5 Å². The van der Waals surface area contributed by atoms with Gasteiger partial charge in [0.25, 0.3) is 5.91 Å². The second kappa shape index (κ2) is 9.23. The molecule has 0 bridgehead atoms. The number of sulfonamides is 1. The van der Waals surface area contributed by atoms with E-state index >= 15 is 0 Å². The maximum absolute atomic E-state index is 13.1. The van der Waals surface area contributed by atoms with Gasteiger partial charge in [0.15, 0.2) is 0 Å². The normalized spacial score (nSPS) is 19.5. The molecule has 2 aromatic rings. The number of ether oxygens (including phenoxy) is 1. The summed E-state index contributed by atoms with van der Waals surface area (Å²) < 4.78 is 32.7. The predicted molar refractivity (Wildman–Crippen MR) is 114 cm³/mol. The molecule has 0 aromatic carbocycles. The lowest BCUT2D eigenvalue weighted by molar-refractivity contribution is 0.0638. The van der Waals surface area contributed by atoms with Gasteiger partial charge in [0.1, 0.15) is 9.77 Å². The van der Waals surface area contributed by atoms with Crippen LogP contribution in [0.1, 0.15) is 14.5 Å². The predicted octanol–water partition coefficient (Wildman–Crippen LogP) is 1.83. The molecule has 2 fully saturated rings. The number of rotatable bonds is 6. The van der Waals surface area contributed by atoms with E-state index in [2.05, 4.69) is 22.4 Å². The molecule has 0 radical (unpaired) electrons. The number of hydrogen-bond acceptors (Lipinski definition) is 7. The molecule has 2 aliphatic heterocycles. The molecule has 1 amide bonds. The Bertz CT molecular complexity index is 912. The summed E-state index contributed by atoms with van der Waals surface area (Å²) in [6.45, 7) is 5.29. The summed E-state index contributed by atoms with van der Waals surface area (Å²) in [5.41, 5.74) is 0. The third-order valence-corrected chi connectivity index (χ3v) is 9.23. The SMILES string of the molecule is O=C(c1sccc1S(=O)(=O)N1CCOCC1)N1CCN(CCc2cccs2)CC1. The lowest BCUT2D eigenvalue weighted by Crippen LogP contribution is -2.49. The van der Waals surface area contributed by atoms with Crippen molar-refractivity contribution in [3.63, 3.8) is 0 Å². The van der Waals surface area contributed by atoms with Gasteiger partial charge in [-0.25, -0.2) is 8.42 Å². The molecule has 2 aromatic heterocycles. The number of nitrogens with zero attached hydrogens (tertiary/aromatic N) is 3. The minimum absolute atomic E-state index is 0.134. The third kappa shape index (κ3) is 4.73. The zero-order chi connectivity index (χ0) is 20.3. The van der Waals surface area contributed by atoms with Crippen molar-refractivity contribution in [1.82, 2.24) is 14.1 Å². The molecule has 158 valence electrons. The Labute approximate surface area is 179 Å². The maximum Gasteiger partial charge on any atom is 0.265 e. The van der Waals surface area contributed by atoms with Gasteiger partial charge >= 0.3 is 0 Å². The number of thiophene rings is 2. The third-order valence-electron chi connectivity index (χ3n) is 5.33. The molecule has 0 N–H and O–H groups in total. The maximum atomic E-state index is 13.1. The van der Waals surface area contributed by atoms with E-state index in [0.717, 1.165) is 26.1 Å². The fourth-order valence-corrected chi connectivity index (χ4v) is 7.09. The van der Waals surface area contributed by atoms with Gasteiger partial charge in [-0.2, -0.15) is 4.31 Å². The molecular formula is C19H25N3O4S3. The van der Waals surface area contributed by atoms with Crippen LogP contribution in [0.15, 0.2) is 33.9 Å². The van der Waals surface area contributed by atoms with Crippen molar-refractivity contribution in [2.24, 2.45) is 0 Å². The minimum atomic E-state index is -3.67. The Kier molecular flexibility index (Phi) is 6.67. The smallest absolute Gasteiger partial charge is 0.265 e. The van der Waals surface area contributed by atoms with Gasteiger partial charge in [0.05, 0.1) is 13.2 Å². The van der Waals surface area contributed by atoms with Crippen molar-refractivity contribution in [2.45, 2.75) is 11.3 Å². The van der Waals surface area contributed by atoms with E-state index in [-0.39, 0.29) is 10.8 Å². The minimum Gasteiger partial charge on any atom is -0.379 e. The van der Waals surface area contributed by atoms with Crippen LogP contribution in [0.4, 0.5) is 0 Å². The van der Waals surface area contributed by atoms with Crippen molar-refractivity contribution in [2.75, 3.05) is 59.0 Å². The summed E-state index contributed by atoms with van der Waals surface area (Å²) in [5.74, 6) is -0.176. The second-order valence-electron chi connectivity index (χ2n) is 7.09. The van der Waals surface area contributed by atoms with Crippen LogP contribution in [-0.2, 0) is 21.2 Å². The Morgan fingerprint density at radius 1 is 1.00 bits per heavy atom. The van der Waals surface area contributed by atoms with Gasteiger partial charge < -0.3 is 9.64 Å². The Balaban J connectivity index is 1.38.